The fraction of sp³-hybridized carbons (Fsp3) is 0.345. The Morgan fingerprint density at radius 2 is 1.43 bits per heavy atom. The lowest BCUT2D eigenvalue weighted by molar-refractivity contribution is -0.120. The Morgan fingerprint density at radius 1 is 0.838 bits per heavy atom. The molecular weight excluding hydrogens is 488 g/mol. The van der Waals surface area contributed by atoms with Crippen LogP contribution in [-0.2, 0) is 14.8 Å². The molecule has 0 saturated heterocycles. The molecule has 0 bridgehead atoms. The molecule has 0 aliphatic carbocycles. The number of hydrogen-bond acceptors (Lipinski definition) is 5. The highest BCUT2D eigenvalue weighted by Gasteiger charge is 2.29. The maximum Gasteiger partial charge on any atom is 0.264 e. The number of sulfonamides is 1. The van der Waals surface area contributed by atoms with Crippen molar-refractivity contribution >= 4 is 21.6 Å². The van der Waals surface area contributed by atoms with Crippen molar-refractivity contribution in [1.29, 1.82) is 0 Å². The fourth-order valence-corrected chi connectivity index (χ4v) is 5.88. The molecule has 0 aliphatic rings. The molecule has 0 radical (unpaired) electrons. The molecule has 37 heavy (non-hydrogen) atoms. The summed E-state index contributed by atoms with van der Waals surface area (Å²) < 4.78 is 39.5. The molecule has 3 aromatic carbocycles. The van der Waals surface area contributed by atoms with E-state index in [4.69, 9.17) is 9.47 Å². The first-order valence-electron chi connectivity index (χ1n) is 12.1. The summed E-state index contributed by atoms with van der Waals surface area (Å²) in [6.45, 7) is 11.4. The summed E-state index contributed by atoms with van der Waals surface area (Å²) in [6, 6.07) is 13.7. The summed E-state index contributed by atoms with van der Waals surface area (Å²) in [4.78, 5) is 13.3. The molecule has 0 aliphatic heterocycles. The molecule has 1 N–H and O–H groups in total. The first-order valence-corrected chi connectivity index (χ1v) is 13.5. The largest absolute Gasteiger partial charge is 0.493 e. The van der Waals surface area contributed by atoms with Crippen LogP contribution < -0.4 is 19.1 Å². The van der Waals surface area contributed by atoms with Gasteiger partial charge in [0.1, 0.15) is 6.54 Å². The Labute approximate surface area is 220 Å². The number of nitrogens with one attached hydrogen (secondary N) is 1. The molecule has 3 rings (SSSR count). The van der Waals surface area contributed by atoms with Gasteiger partial charge in [0.2, 0.25) is 5.91 Å². The fourth-order valence-electron chi connectivity index (χ4n) is 4.46. The lowest BCUT2D eigenvalue weighted by atomic mass is 9.96. The molecular formula is C29H36N2O5S. The zero-order valence-electron chi connectivity index (χ0n) is 22.8. The highest BCUT2D eigenvalue weighted by Crippen LogP contribution is 2.33. The summed E-state index contributed by atoms with van der Waals surface area (Å²) in [6.07, 6.45) is 0. The molecule has 0 fully saturated rings. The van der Waals surface area contributed by atoms with Crippen LogP contribution >= 0.6 is 0 Å². The Kier molecular flexibility index (Phi) is 8.53. The van der Waals surface area contributed by atoms with Gasteiger partial charge in [-0.15, -0.1) is 0 Å². The average Bonchev–Trinajstić information content (AvgIpc) is 2.83. The number of carbonyl (C=O) groups excluding carboxylic acids is 1. The second-order valence-electron chi connectivity index (χ2n) is 9.46. The second kappa shape index (κ2) is 11.3. The van der Waals surface area contributed by atoms with Gasteiger partial charge in [-0.25, -0.2) is 8.42 Å². The van der Waals surface area contributed by atoms with Crippen LogP contribution in [0.1, 0.15) is 46.3 Å². The number of benzene rings is 3. The summed E-state index contributed by atoms with van der Waals surface area (Å²) >= 11 is 0. The van der Waals surface area contributed by atoms with E-state index in [0.29, 0.717) is 11.4 Å². The van der Waals surface area contributed by atoms with Crippen LogP contribution in [0.4, 0.5) is 5.69 Å². The van der Waals surface area contributed by atoms with Crippen molar-refractivity contribution in [2.75, 3.05) is 25.1 Å². The first-order chi connectivity index (χ1) is 17.4. The smallest absolute Gasteiger partial charge is 0.264 e. The summed E-state index contributed by atoms with van der Waals surface area (Å²) in [7, 11) is -1.20. The molecule has 198 valence electrons. The van der Waals surface area contributed by atoms with Gasteiger partial charge in [-0.2, -0.15) is 0 Å². The molecule has 1 atom stereocenters. The zero-order valence-corrected chi connectivity index (χ0v) is 23.6. The van der Waals surface area contributed by atoms with E-state index in [0.717, 1.165) is 32.1 Å². The van der Waals surface area contributed by atoms with Crippen LogP contribution in [0.3, 0.4) is 0 Å². The van der Waals surface area contributed by atoms with Crippen molar-refractivity contribution in [3.05, 3.63) is 81.9 Å². The van der Waals surface area contributed by atoms with E-state index in [2.05, 4.69) is 24.4 Å². The Bertz CT molecular complexity index is 1400. The van der Waals surface area contributed by atoms with Gasteiger partial charge in [0.15, 0.2) is 11.5 Å². The monoisotopic (exact) mass is 524 g/mol. The standard InChI is InChI=1S/C29H36N2O5S/c1-18-11-19(2)13-24(12-18)31(37(33,34)25-9-10-27(35-7)28(16-25)36-8)17-29(32)30-23(6)26-15-21(4)20(3)14-22(26)5/h9-16,23H,17H2,1-8H3,(H,30,32)/t23-/m1/s1. The number of ether oxygens (including phenoxy) is 2. The van der Waals surface area contributed by atoms with Gasteiger partial charge in [0.05, 0.1) is 30.8 Å². The van der Waals surface area contributed by atoms with E-state index in [1.165, 1.54) is 38.0 Å². The van der Waals surface area contributed by atoms with Gasteiger partial charge in [0.25, 0.3) is 10.0 Å². The molecule has 1 amide bonds. The molecule has 0 spiro atoms. The van der Waals surface area contributed by atoms with Crippen molar-refractivity contribution < 1.29 is 22.7 Å². The third-order valence-electron chi connectivity index (χ3n) is 6.45. The summed E-state index contributed by atoms with van der Waals surface area (Å²) in [5.41, 5.74) is 6.58. The third-order valence-corrected chi connectivity index (χ3v) is 8.22. The Balaban J connectivity index is 2.00. The topological polar surface area (TPSA) is 84.9 Å². The van der Waals surface area contributed by atoms with Crippen LogP contribution in [0.15, 0.2) is 53.4 Å². The molecule has 8 heteroatoms. The predicted molar refractivity (Wildman–Crippen MR) is 147 cm³/mol. The van der Waals surface area contributed by atoms with Gasteiger partial charge in [-0.3, -0.25) is 9.10 Å². The molecule has 0 saturated carbocycles. The van der Waals surface area contributed by atoms with E-state index >= 15 is 0 Å². The number of nitrogens with zero attached hydrogens (tertiary/aromatic N) is 1. The lowest BCUT2D eigenvalue weighted by Gasteiger charge is -2.26. The van der Waals surface area contributed by atoms with Gasteiger partial charge in [0, 0.05) is 6.07 Å². The van der Waals surface area contributed by atoms with E-state index in [1.807, 2.05) is 40.7 Å². The number of rotatable bonds is 9. The average molecular weight is 525 g/mol. The van der Waals surface area contributed by atoms with Gasteiger partial charge in [-0.05, 0) is 99.2 Å². The number of hydrogen-bond donors (Lipinski definition) is 1. The SMILES string of the molecule is COc1ccc(S(=O)(=O)N(CC(=O)N[C@H](C)c2cc(C)c(C)cc2C)c2cc(C)cc(C)c2)cc1OC. The molecule has 0 aromatic heterocycles. The number of aryl methyl sites for hydroxylation is 5. The minimum atomic E-state index is -4.12. The Hall–Kier alpha value is -3.52. The third kappa shape index (κ3) is 6.25. The van der Waals surface area contributed by atoms with E-state index in [9.17, 15) is 13.2 Å². The van der Waals surface area contributed by atoms with Crippen LogP contribution in [0.25, 0.3) is 0 Å². The molecule has 0 unspecified atom stereocenters. The summed E-state index contributed by atoms with van der Waals surface area (Å²) in [5.74, 6) is 0.287. The number of carbonyl (C=O) groups is 1. The number of amides is 1. The highest BCUT2D eigenvalue weighted by molar-refractivity contribution is 7.92. The van der Waals surface area contributed by atoms with Crippen molar-refractivity contribution in [2.24, 2.45) is 0 Å². The van der Waals surface area contributed by atoms with Gasteiger partial charge < -0.3 is 14.8 Å². The first kappa shape index (κ1) is 28.1. The van der Waals surface area contributed by atoms with Gasteiger partial charge in [-0.1, -0.05) is 18.2 Å². The number of methoxy groups -OCH3 is 2. The van der Waals surface area contributed by atoms with Crippen molar-refractivity contribution in [3.8, 4) is 11.5 Å². The second-order valence-corrected chi connectivity index (χ2v) is 11.3. The number of anilines is 1. The minimum Gasteiger partial charge on any atom is -0.493 e. The maximum atomic E-state index is 13.9. The highest BCUT2D eigenvalue weighted by atomic mass is 32.2. The Morgan fingerprint density at radius 3 is 2.03 bits per heavy atom. The molecule has 3 aromatic rings. The van der Waals surface area contributed by atoms with Crippen LogP contribution in [-0.4, -0.2) is 35.1 Å². The van der Waals surface area contributed by atoms with Crippen molar-refractivity contribution in [3.63, 3.8) is 0 Å². The maximum absolute atomic E-state index is 13.9. The predicted octanol–water partition coefficient (Wildman–Crippen LogP) is 5.32. The lowest BCUT2D eigenvalue weighted by Crippen LogP contribution is -2.41. The van der Waals surface area contributed by atoms with Crippen LogP contribution in [0.2, 0.25) is 0 Å². The van der Waals surface area contributed by atoms with E-state index in [1.54, 1.807) is 12.1 Å². The van der Waals surface area contributed by atoms with Crippen molar-refractivity contribution in [1.82, 2.24) is 5.32 Å². The van der Waals surface area contributed by atoms with E-state index < -0.39 is 15.9 Å². The van der Waals surface area contributed by atoms with E-state index in [-0.39, 0.29) is 23.2 Å². The normalized spacial score (nSPS) is 12.1. The molecule has 0 heterocycles. The molecule has 7 nitrogen and oxygen atoms in total. The zero-order chi connectivity index (χ0) is 27.5. The van der Waals surface area contributed by atoms with Crippen LogP contribution in [0.5, 0.6) is 11.5 Å². The van der Waals surface area contributed by atoms with Crippen LogP contribution in [0, 0.1) is 34.6 Å². The minimum absolute atomic E-state index is 0.00448. The quantitative estimate of drug-likeness (QED) is 0.410. The summed E-state index contributed by atoms with van der Waals surface area (Å²) in [5, 5.41) is 2.99. The van der Waals surface area contributed by atoms with Gasteiger partial charge >= 0.3 is 0 Å². The van der Waals surface area contributed by atoms with Crippen molar-refractivity contribution in [2.45, 2.75) is 52.5 Å².